The molecule has 7 heteroatoms. The molecule has 5 aromatic heterocycles. The van der Waals surface area contributed by atoms with E-state index in [1.165, 1.54) is 4.52 Å². The average Bonchev–Trinajstić information content (AvgIpc) is 3.91. The number of hydrogen-bond donors (Lipinski definition) is 0. The molecular formula is C40H24N2O5. The van der Waals surface area contributed by atoms with Crippen LogP contribution in [0.5, 0.6) is 0 Å². The monoisotopic (exact) mass is 612 g/mol. The van der Waals surface area contributed by atoms with Crippen LogP contribution in [0, 0.1) is 0 Å². The van der Waals surface area contributed by atoms with Crippen LogP contribution in [0.3, 0.4) is 0 Å². The van der Waals surface area contributed by atoms with Gasteiger partial charge >= 0.3 is 0 Å². The zero-order chi connectivity index (χ0) is 31.6. The summed E-state index contributed by atoms with van der Waals surface area (Å²) in [6, 6.07) is 35.6. The zero-order valence-corrected chi connectivity index (χ0v) is 25.3. The van der Waals surface area contributed by atoms with Gasteiger partial charge in [0.25, 0.3) is 11.1 Å². The molecule has 0 atom stereocenters. The Morgan fingerprint density at radius 3 is 1.77 bits per heavy atom. The van der Waals surface area contributed by atoms with E-state index in [9.17, 15) is 9.59 Å². The van der Waals surface area contributed by atoms with Gasteiger partial charge < -0.3 is 13.3 Å². The lowest BCUT2D eigenvalue weighted by Crippen LogP contribution is -2.21. The fourth-order valence-electron chi connectivity index (χ4n) is 7.50. The fraction of sp³-hybridized carbons (Fsp3) is 0.0500. The number of hydrogen-bond acceptors (Lipinski definition) is 5. The molecular weight excluding hydrogens is 588 g/mol. The molecule has 0 saturated heterocycles. The summed E-state index contributed by atoms with van der Waals surface area (Å²) in [6.07, 6.45) is 0. The van der Waals surface area contributed by atoms with E-state index in [0.29, 0.717) is 32.7 Å². The number of para-hydroxylation sites is 2. The van der Waals surface area contributed by atoms with E-state index in [0.717, 1.165) is 59.1 Å². The summed E-state index contributed by atoms with van der Waals surface area (Å²) in [5.41, 5.74) is 4.17. The van der Waals surface area contributed by atoms with Crippen molar-refractivity contribution in [3.63, 3.8) is 0 Å². The van der Waals surface area contributed by atoms with Crippen molar-refractivity contribution in [2.75, 3.05) is 0 Å². The molecule has 7 nitrogen and oxygen atoms in total. The third kappa shape index (κ3) is 3.10. The minimum atomic E-state index is -0.442. The molecule has 0 saturated carbocycles. The van der Waals surface area contributed by atoms with E-state index in [1.807, 2.05) is 117 Å². The Morgan fingerprint density at radius 1 is 0.404 bits per heavy atom. The third-order valence-corrected chi connectivity index (χ3v) is 9.33. The second kappa shape index (κ2) is 9.11. The third-order valence-electron chi connectivity index (χ3n) is 9.33. The van der Waals surface area contributed by atoms with E-state index in [2.05, 4.69) is 6.07 Å². The Morgan fingerprint density at radius 2 is 0.957 bits per heavy atom. The number of furan rings is 3. The zero-order valence-electron chi connectivity index (χ0n) is 25.3. The normalized spacial score (nSPS) is 12.2. The van der Waals surface area contributed by atoms with Gasteiger partial charge in [-0.25, -0.2) is 0 Å². The van der Waals surface area contributed by atoms with Crippen LogP contribution in [0.4, 0.5) is 0 Å². The SMILES string of the molecule is CC.O=c1c2c3cccc(-c4cccc5oc6ccccc6c45)c3oc2n2c3oc4c5ccccc5c5ccccc5c4c3c(=O)n12. The van der Waals surface area contributed by atoms with Gasteiger partial charge in [-0.15, -0.1) is 0 Å². The number of fused-ring (bicyclic) bond motifs is 17. The molecule has 11 aromatic rings. The summed E-state index contributed by atoms with van der Waals surface area (Å²) in [6.45, 7) is 4.00. The van der Waals surface area contributed by atoms with E-state index in [-0.39, 0.29) is 11.4 Å². The first-order chi connectivity index (χ1) is 23.2. The molecule has 0 bridgehead atoms. The smallest absolute Gasteiger partial charge is 0.286 e. The predicted octanol–water partition coefficient (Wildman–Crippen LogP) is 9.89. The molecule has 0 N–H and O–H groups in total. The topological polar surface area (TPSA) is 82.4 Å². The van der Waals surface area contributed by atoms with Gasteiger partial charge in [-0.05, 0) is 33.9 Å². The van der Waals surface area contributed by atoms with Gasteiger partial charge in [0.05, 0.1) is 0 Å². The molecule has 0 radical (unpaired) electrons. The van der Waals surface area contributed by atoms with Gasteiger partial charge in [0.2, 0.25) is 11.4 Å². The Kier molecular flexibility index (Phi) is 5.03. The second-order valence-electron chi connectivity index (χ2n) is 11.6. The minimum absolute atomic E-state index is 0.270. The van der Waals surface area contributed by atoms with Crippen LogP contribution >= 0.6 is 0 Å². The lowest BCUT2D eigenvalue weighted by molar-refractivity contribution is 0.596. The quantitative estimate of drug-likeness (QED) is 0.172. The number of nitrogens with zero attached hydrogens (tertiary/aromatic N) is 2. The molecule has 47 heavy (non-hydrogen) atoms. The van der Waals surface area contributed by atoms with Crippen molar-refractivity contribution in [1.82, 2.24) is 9.03 Å². The van der Waals surface area contributed by atoms with E-state index < -0.39 is 11.1 Å². The predicted molar refractivity (Wildman–Crippen MR) is 188 cm³/mol. The highest BCUT2D eigenvalue weighted by Crippen LogP contribution is 2.43. The van der Waals surface area contributed by atoms with Gasteiger partial charge in [0.1, 0.15) is 33.1 Å². The van der Waals surface area contributed by atoms with Crippen molar-refractivity contribution in [2.45, 2.75) is 13.8 Å². The van der Waals surface area contributed by atoms with Crippen LogP contribution in [0.1, 0.15) is 13.8 Å². The highest BCUT2D eigenvalue weighted by molar-refractivity contribution is 6.30. The summed E-state index contributed by atoms with van der Waals surface area (Å²) in [7, 11) is 0. The summed E-state index contributed by atoms with van der Waals surface area (Å²) in [5.74, 6) is 0. The Balaban J connectivity index is 0.00000140. The Labute approximate surface area is 264 Å². The number of aromatic nitrogens is 2. The summed E-state index contributed by atoms with van der Waals surface area (Å²) in [5, 5.41) is 7.84. The maximum absolute atomic E-state index is 14.1. The molecule has 0 amide bonds. The highest BCUT2D eigenvalue weighted by atomic mass is 16.4. The van der Waals surface area contributed by atoms with Crippen molar-refractivity contribution in [2.24, 2.45) is 0 Å². The summed E-state index contributed by atoms with van der Waals surface area (Å²) in [4.78, 5) is 28.2. The number of rotatable bonds is 1. The van der Waals surface area contributed by atoms with E-state index in [4.69, 9.17) is 13.3 Å². The van der Waals surface area contributed by atoms with Crippen molar-refractivity contribution in [3.8, 4) is 11.1 Å². The largest absolute Gasteiger partial charge is 0.456 e. The van der Waals surface area contributed by atoms with Crippen LogP contribution in [0.15, 0.2) is 132 Å². The second-order valence-corrected chi connectivity index (χ2v) is 11.6. The van der Waals surface area contributed by atoms with Crippen molar-refractivity contribution in [1.29, 1.82) is 0 Å². The molecule has 0 spiro atoms. The first-order valence-electron chi connectivity index (χ1n) is 15.7. The number of benzene rings is 6. The lowest BCUT2D eigenvalue weighted by atomic mass is 9.97. The van der Waals surface area contributed by atoms with Crippen LogP contribution < -0.4 is 11.1 Å². The first-order valence-corrected chi connectivity index (χ1v) is 15.7. The molecule has 224 valence electrons. The van der Waals surface area contributed by atoms with E-state index >= 15 is 0 Å². The Bertz CT molecular complexity index is 3200. The molecule has 5 heterocycles. The molecule has 6 aromatic carbocycles. The highest BCUT2D eigenvalue weighted by Gasteiger charge is 2.29. The standard InChI is InChI=1S/C38H18N2O5.C2H6/c41-35-31-26-16-7-15-24(22-14-8-18-28-29(22)25-13-5-6-17-27(25)43-28)33(26)44-37(31)40-38-32(36(42)39(35)40)30-21-11-3-1-9-19(21)20-10-2-4-12-23(20)34(30)45-38;1-2/h1-18H;1-2H3. The van der Waals surface area contributed by atoms with Crippen LogP contribution in [0.25, 0.3) is 98.7 Å². The summed E-state index contributed by atoms with van der Waals surface area (Å²) < 4.78 is 22.0. The summed E-state index contributed by atoms with van der Waals surface area (Å²) >= 11 is 0. The molecule has 11 rings (SSSR count). The lowest BCUT2D eigenvalue weighted by Gasteiger charge is -2.05. The molecule has 0 aliphatic rings. The van der Waals surface area contributed by atoms with E-state index in [1.54, 1.807) is 0 Å². The molecule has 0 fully saturated rings. The Hall–Kier alpha value is -6.34. The van der Waals surface area contributed by atoms with Gasteiger partial charge in [-0.1, -0.05) is 111 Å². The van der Waals surface area contributed by atoms with Gasteiger partial charge in [0.15, 0.2) is 0 Å². The first kappa shape index (κ1) is 25.9. The maximum Gasteiger partial charge on any atom is 0.286 e. The molecule has 0 aliphatic heterocycles. The average molecular weight is 613 g/mol. The van der Waals surface area contributed by atoms with Crippen LogP contribution in [-0.4, -0.2) is 9.03 Å². The maximum atomic E-state index is 14.1. The van der Waals surface area contributed by atoms with Crippen molar-refractivity contribution < 1.29 is 13.3 Å². The van der Waals surface area contributed by atoms with Crippen molar-refractivity contribution >= 4 is 87.6 Å². The molecule has 0 aliphatic carbocycles. The van der Waals surface area contributed by atoms with Gasteiger partial charge in [-0.3, -0.25) is 9.59 Å². The van der Waals surface area contributed by atoms with Gasteiger partial charge in [-0.2, -0.15) is 9.03 Å². The van der Waals surface area contributed by atoms with Crippen LogP contribution in [0.2, 0.25) is 0 Å². The van der Waals surface area contributed by atoms with Gasteiger partial charge in [0, 0.05) is 32.5 Å². The fourth-order valence-corrected chi connectivity index (χ4v) is 7.50. The minimum Gasteiger partial charge on any atom is -0.456 e. The van der Waals surface area contributed by atoms with Crippen molar-refractivity contribution in [3.05, 3.63) is 130 Å². The van der Waals surface area contributed by atoms with Crippen LogP contribution in [-0.2, 0) is 0 Å². The molecule has 0 unspecified atom stereocenters.